The van der Waals surface area contributed by atoms with Gasteiger partial charge in [-0.05, 0) is 37.1 Å². The average molecular weight is 237 g/mol. The van der Waals surface area contributed by atoms with Gasteiger partial charge < -0.3 is 10.1 Å². The Kier molecular flexibility index (Phi) is 4.00. The van der Waals surface area contributed by atoms with Gasteiger partial charge in [0.05, 0.1) is 6.61 Å². The summed E-state index contributed by atoms with van der Waals surface area (Å²) in [7, 11) is 0. The van der Waals surface area contributed by atoms with E-state index in [9.17, 15) is 4.39 Å². The number of rotatable bonds is 4. The Morgan fingerprint density at radius 3 is 3.06 bits per heavy atom. The van der Waals surface area contributed by atoms with E-state index in [0.717, 1.165) is 30.7 Å². The molecule has 0 aromatic heterocycles. The number of hydrogen-bond acceptors (Lipinski definition) is 2. The Morgan fingerprint density at radius 1 is 1.47 bits per heavy atom. The molecule has 2 nitrogen and oxygen atoms in total. The molecule has 1 aliphatic heterocycles. The highest BCUT2D eigenvalue weighted by Gasteiger charge is 2.21. The number of nitrogens with one attached hydrogen (secondary N) is 1. The Morgan fingerprint density at radius 2 is 2.29 bits per heavy atom. The molecule has 2 rings (SSSR count). The maximum atomic E-state index is 13.2. The quantitative estimate of drug-likeness (QED) is 0.867. The molecule has 0 amide bonds. The molecular weight excluding hydrogens is 217 g/mol. The second-order valence-corrected chi connectivity index (χ2v) is 5.01. The standard InChI is InChI=1S/C14H20FNO/c1-10(2)5-7-16-13-6-8-17-14-4-3-11(15)9-12(13)14/h3-4,9-10,13,16H,5-8H2,1-2H3. The first-order valence-electron chi connectivity index (χ1n) is 6.32. The van der Waals surface area contributed by atoms with Crippen LogP contribution in [0.1, 0.15) is 38.3 Å². The van der Waals surface area contributed by atoms with E-state index in [2.05, 4.69) is 19.2 Å². The molecule has 0 radical (unpaired) electrons. The third-order valence-electron chi connectivity index (χ3n) is 3.12. The van der Waals surface area contributed by atoms with Crippen LogP contribution in [0.5, 0.6) is 5.75 Å². The smallest absolute Gasteiger partial charge is 0.124 e. The zero-order valence-corrected chi connectivity index (χ0v) is 10.5. The minimum absolute atomic E-state index is 0.190. The summed E-state index contributed by atoms with van der Waals surface area (Å²) in [5.74, 6) is 1.32. The van der Waals surface area contributed by atoms with Crippen molar-refractivity contribution >= 4 is 0 Å². The fourth-order valence-electron chi connectivity index (χ4n) is 2.12. The third-order valence-corrected chi connectivity index (χ3v) is 3.12. The summed E-state index contributed by atoms with van der Waals surface area (Å²) in [4.78, 5) is 0. The molecular formula is C14H20FNO. The fraction of sp³-hybridized carbons (Fsp3) is 0.571. The summed E-state index contributed by atoms with van der Waals surface area (Å²) < 4.78 is 18.8. The Hall–Kier alpha value is -1.09. The molecule has 94 valence electrons. The summed E-state index contributed by atoms with van der Waals surface area (Å²) in [6.07, 6.45) is 2.05. The van der Waals surface area contributed by atoms with Crippen molar-refractivity contribution in [1.29, 1.82) is 0 Å². The Bertz CT molecular complexity index is 378. The Balaban J connectivity index is 2.03. The second kappa shape index (κ2) is 5.50. The van der Waals surface area contributed by atoms with E-state index in [0.29, 0.717) is 12.5 Å². The predicted molar refractivity (Wildman–Crippen MR) is 66.7 cm³/mol. The van der Waals surface area contributed by atoms with Gasteiger partial charge in [-0.1, -0.05) is 13.8 Å². The molecule has 1 aromatic carbocycles. The summed E-state index contributed by atoms with van der Waals surface area (Å²) in [6.45, 7) is 6.09. The normalized spacial score (nSPS) is 18.9. The summed E-state index contributed by atoms with van der Waals surface area (Å²) in [5, 5.41) is 3.49. The first-order valence-corrected chi connectivity index (χ1v) is 6.32. The molecule has 1 heterocycles. The highest BCUT2D eigenvalue weighted by atomic mass is 19.1. The molecule has 0 bridgehead atoms. The van der Waals surface area contributed by atoms with E-state index in [1.54, 1.807) is 12.1 Å². The third kappa shape index (κ3) is 3.19. The molecule has 1 N–H and O–H groups in total. The van der Waals surface area contributed by atoms with E-state index in [4.69, 9.17) is 4.74 Å². The SMILES string of the molecule is CC(C)CCNC1CCOc2ccc(F)cc21. The van der Waals surface area contributed by atoms with Gasteiger partial charge in [0, 0.05) is 18.0 Å². The van der Waals surface area contributed by atoms with Crippen LogP contribution >= 0.6 is 0 Å². The molecule has 3 heteroatoms. The number of halogens is 1. The zero-order valence-electron chi connectivity index (χ0n) is 10.5. The lowest BCUT2D eigenvalue weighted by atomic mass is 10.00. The monoisotopic (exact) mass is 237 g/mol. The van der Waals surface area contributed by atoms with Crippen LogP contribution in [0.4, 0.5) is 4.39 Å². The van der Waals surface area contributed by atoms with E-state index in [-0.39, 0.29) is 11.9 Å². The van der Waals surface area contributed by atoms with Gasteiger partial charge in [0.25, 0.3) is 0 Å². The number of benzene rings is 1. The topological polar surface area (TPSA) is 21.3 Å². The average Bonchev–Trinajstić information content (AvgIpc) is 2.29. The largest absolute Gasteiger partial charge is 0.493 e. The molecule has 1 atom stereocenters. The van der Waals surface area contributed by atoms with E-state index < -0.39 is 0 Å². The molecule has 1 aliphatic rings. The molecule has 1 unspecified atom stereocenters. The maximum Gasteiger partial charge on any atom is 0.124 e. The van der Waals surface area contributed by atoms with Crippen LogP contribution in [0.3, 0.4) is 0 Å². The van der Waals surface area contributed by atoms with Gasteiger partial charge in [-0.2, -0.15) is 0 Å². The van der Waals surface area contributed by atoms with Crippen molar-refractivity contribution in [3.8, 4) is 5.75 Å². The van der Waals surface area contributed by atoms with Gasteiger partial charge in [-0.15, -0.1) is 0 Å². The molecule has 0 fully saturated rings. The zero-order chi connectivity index (χ0) is 12.3. The van der Waals surface area contributed by atoms with Gasteiger partial charge >= 0.3 is 0 Å². The van der Waals surface area contributed by atoms with Gasteiger partial charge in [-0.25, -0.2) is 4.39 Å². The van der Waals surface area contributed by atoms with Crippen molar-refractivity contribution in [3.63, 3.8) is 0 Å². The van der Waals surface area contributed by atoms with E-state index in [1.165, 1.54) is 6.07 Å². The predicted octanol–water partition coefficient (Wildman–Crippen LogP) is 3.29. The lowest BCUT2D eigenvalue weighted by molar-refractivity contribution is 0.250. The highest BCUT2D eigenvalue weighted by molar-refractivity contribution is 5.37. The van der Waals surface area contributed by atoms with Crippen molar-refractivity contribution in [2.45, 2.75) is 32.7 Å². The molecule has 0 saturated heterocycles. The van der Waals surface area contributed by atoms with Gasteiger partial charge in [-0.3, -0.25) is 0 Å². The van der Waals surface area contributed by atoms with E-state index >= 15 is 0 Å². The van der Waals surface area contributed by atoms with Crippen LogP contribution in [0.2, 0.25) is 0 Å². The van der Waals surface area contributed by atoms with Crippen LogP contribution in [-0.4, -0.2) is 13.2 Å². The van der Waals surface area contributed by atoms with Crippen LogP contribution in [0, 0.1) is 11.7 Å². The lowest BCUT2D eigenvalue weighted by Gasteiger charge is -2.27. The van der Waals surface area contributed by atoms with Gasteiger partial charge in [0.15, 0.2) is 0 Å². The minimum Gasteiger partial charge on any atom is -0.493 e. The molecule has 0 spiro atoms. The molecule has 17 heavy (non-hydrogen) atoms. The van der Waals surface area contributed by atoms with Crippen molar-refractivity contribution in [1.82, 2.24) is 5.32 Å². The number of ether oxygens (including phenoxy) is 1. The van der Waals surface area contributed by atoms with Crippen molar-refractivity contribution in [3.05, 3.63) is 29.6 Å². The summed E-state index contributed by atoms with van der Waals surface area (Å²) in [5.41, 5.74) is 0.958. The number of fused-ring (bicyclic) bond motifs is 1. The Labute approximate surface area is 102 Å². The number of hydrogen-bond donors (Lipinski definition) is 1. The van der Waals surface area contributed by atoms with Crippen molar-refractivity contribution < 1.29 is 9.13 Å². The van der Waals surface area contributed by atoms with Crippen molar-refractivity contribution in [2.24, 2.45) is 5.92 Å². The van der Waals surface area contributed by atoms with Crippen LogP contribution < -0.4 is 10.1 Å². The molecule has 1 aromatic rings. The first-order chi connectivity index (χ1) is 8.16. The summed E-state index contributed by atoms with van der Waals surface area (Å²) >= 11 is 0. The van der Waals surface area contributed by atoms with Crippen molar-refractivity contribution in [2.75, 3.05) is 13.2 Å². The maximum absolute atomic E-state index is 13.2. The summed E-state index contributed by atoms with van der Waals surface area (Å²) in [6, 6.07) is 4.99. The lowest BCUT2D eigenvalue weighted by Crippen LogP contribution is -2.28. The fourth-order valence-corrected chi connectivity index (χ4v) is 2.12. The minimum atomic E-state index is -0.190. The molecule has 0 aliphatic carbocycles. The molecule has 0 saturated carbocycles. The van der Waals surface area contributed by atoms with E-state index in [1.807, 2.05) is 0 Å². The highest BCUT2D eigenvalue weighted by Crippen LogP contribution is 2.32. The van der Waals surface area contributed by atoms with Crippen LogP contribution in [-0.2, 0) is 0 Å². The second-order valence-electron chi connectivity index (χ2n) is 5.01. The van der Waals surface area contributed by atoms with Crippen LogP contribution in [0.25, 0.3) is 0 Å². The van der Waals surface area contributed by atoms with Gasteiger partial charge in [0.2, 0.25) is 0 Å². The van der Waals surface area contributed by atoms with Crippen LogP contribution in [0.15, 0.2) is 18.2 Å². The first kappa shape index (κ1) is 12.4. The van der Waals surface area contributed by atoms with Gasteiger partial charge in [0.1, 0.15) is 11.6 Å².